The number of rotatable bonds is 4. The quantitative estimate of drug-likeness (QED) is 0.519. The number of amides is 1. The van der Waals surface area contributed by atoms with Crippen molar-refractivity contribution >= 4 is 46.4 Å². The number of benzene rings is 2. The van der Waals surface area contributed by atoms with Crippen molar-refractivity contribution in [2.75, 3.05) is 12.4 Å². The zero-order chi connectivity index (χ0) is 20.4. The zero-order valence-electron chi connectivity index (χ0n) is 14.2. The Morgan fingerprint density at radius 2 is 1.75 bits per heavy atom. The average molecular weight is 444 g/mol. The summed E-state index contributed by atoms with van der Waals surface area (Å²) in [6.45, 7) is 0. The summed E-state index contributed by atoms with van der Waals surface area (Å²) in [5.41, 5.74) is 0.465. The first-order chi connectivity index (χ1) is 13.3. The summed E-state index contributed by atoms with van der Waals surface area (Å²) in [5, 5.41) is 2.73. The van der Waals surface area contributed by atoms with Crippen LogP contribution in [0.4, 0.5) is 14.5 Å². The highest BCUT2D eigenvalue weighted by Gasteiger charge is 2.18. The molecule has 144 valence electrons. The molecule has 1 heterocycles. The van der Waals surface area contributed by atoms with Crippen molar-refractivity contribution in [1.29, 1.82) is 0 Å². The molecule has 9 heteroatoms. The number of ether oxygens (including phenoxy) is 1. The lowest BCUT2D eigenvalue weighted by Crippen LogP contribution is -2.13. The molecule has 0 saturated heterocycles. The van der Waals surface area contributed by atoms with Gasteiger partial charge in [0, 0.05) is 11.1 Å². The van der Waals surface area contributed by atoms with E-state index in [9.17, 15) is 13.6 Å². The minimum absolute atomic E-state index is 0.0122. The number of anilines is 1. The molecule has 0 fully saturated rings. The first-order valence-electron chi connectivity index (χ1n) is 7.75. The number of carbonyl (C=O) groups is 1. The average Bonchev–Trinajstić information content (AvgIpc) is 2.64. The number of pyridine rings is 1. The van der Waals surface area contributed by atoms with Gasteiger partial charge in [-0.2, -0.15) is 0 Å². The summed E-state index contributed by atoms with van der Waals surface area (Å²) in [4.78, 5) is 16.4. The maximum absolute atomic E-state index is 14.6. The van der Waals surface area contributed by atoms with E-state index < -0.39 is 17.5 Å². The largest absolute Gasteiger partial charge is 0.480 e. The molecule has 0 unspecified atom stereocenters. The van der Waals surface area contributed by atoms with Crippen molar-refractivity contribution in [2.24, 2.45) is 0 Å². The van der Waals surface area contributed by atoms with Crippen LogP contribution in [0.1, 0.15) is 10.4 Å². The molecule has 28 heavy (non-hydrogen) atoms. The van der Waals surface area contributed by atoms with Crippen LogP contribution < -0.4 is 10.1 Å². The van der Waals surface area contributed by atoms with Gasteiger partial charge in [0.15, 0.2) is 0 Å². The Morgan fingerprint density at radius 1 is 1.00 bits per heavy atom. The van der Waals surface area contributed by atoms with Crippen molar-refractivity contribution in [3.8, 4) is 17.0 Å². The van der Waals surface area contributed by atoms with E-state index in [1.807, 2.05) is 0 Å². The number of nitrogens with zero attached hydrogens (tertiary/aromatic N) is 1. The summed E-state index contributed by atoms with van der Waals surface area (Å²) >= 11 is 18.1. The molecule has 1 amide bonds. The van der Waals surface area contributed by atoms with Gasteiger partial charge in [-0.25, -0.2) is 13.8 Å². The number of hydrogen-bond donors (Lipinski definition) is 1. The van der Waals surface area contributed by atoms with E-state index in [-0.39, 0.29) is 43.3 Å². The lowest BCUT2D eigenvalue weighted by atomic mass is 10.0. The van der Waals surface area contributed by atoms with Crippen molar-refractivity contribution in [2.45, 2.75) is 0 Å². The monoisotopic (exact) mass is 442 g/mol. The molecule has 0 radical (unpaired) electrons. The first-order valence-corrected chi connectivity index (χ1v) is 8.89. The number of halogens is 5. The van der Waals surface area contributed by atoms with E-state index in [0.29, 0.717) is 0 Å². The van der Waals surface area contributed by atoms with Gasteiger partial charge in [-0.1, -0.05) is 34.8 Å². The predicted molar refractivity (Wildman–Crippen MR) is 106 cm³/mol. The third-order valence-electron chi connectivity index (χ3n) is 3.78. The highest BCUT2D eigenvalue weighted by molar-refractivity contribution is 6.35. The van der Waals surface area contributed by atoms with E-state index in [1.54, 1.807) is 0 Å². The molecule has 0 aliphatic heterocycles. The van der Waals surface area contributed by atoms with Crippen LogP contribution in [0.25, 0.3) is 11.1 Å². The van der Waals surface area contributed by atoms with Crippen LogP contribution >= 0.6 is 34.8 Å². The molecule has 0 aliphatic rings. The topological polar surface area (TPSA) is 51.2 Å². The fraction of sp³-hybridized carbons (Fsp3) is 0.0526. The molecule has 0 spiro atoms. The molecule has 0 aliphatic carbocycles. The Morgan fingerprint density at radius 3 is 2.39 bits per heavy atom. The molecule has 0 bridgehead atoms. The second kappa shape index (κ2) is 8.31. The molecular weight excluding hydrogens is 433 g/mol. The predicted octanol–water partition coefficient (Wildman–Crippen LogP) is 6.25. The third kappa shape index (κ3) is 4.19. The summed E-state index contributed by atoms with van der Waals surface area (Å²) in [6, 6.07) is 7.20. The van der Waals surface area contributed by atoms with Crippen LogP contribution in [0.5, 0.6) is 5.88 Å². The fourth-order valence-electron chi connectivity index (χ4n) is 2.48. The van der Waals surface area contributed by atoms with E-state index in [0.717, 1.165) is 18.2 Å². The van der Waals surface area contributed by atoms with E-state index >= 15 is 0 Å². The Bertz CT molecular complexity index is 1080. The van der Waals surface area contributed by atoms with Crippen molar-refractivity contribution < 1.29 is 18.3 Å². The fourth-order valence-corrected chi connectivity index (χ4v) is 3.24. The molecule has 2 aromatic carbocycles. The summed E-state index contributed by atoms with van der Waals surface area (Å²) in [7, 11) is 1.41. The van der Waals surface area contributed by atoms with Crippen molar-refractivity contribution in [3.05, 3.63) is 74.9 Å². The Hall–Kier alpha value is -2.41. The Labute approximate surface area is 174 Å². The van der Waals surface area contributed by atoms with E-state index in [1.165, 1.54) is 31.5 Å². The lowest BCUT2D eigenvalue weighted by Gasteiger charge is -2.11. The molecule has 0 saturated carbocycles. The van der Waals surface area contributed by atoms with Crippen LogP contribution in [0, 0.1) is 11.6 Å². The standard InChI is InChI=1S/C19H11Cl3F2N2O2/c1-28-19-16(22)5-10(8-25-19)26-18(27)13-7-17(24)12(6-15(13)21)11-3-2-9(23)4-14(11)20/h2-8H,1H3,(H,26,27). The lowest BCUT2D eigenvalue weighted by molar-refractivity contribution is 0.102. The molecule has 0 atom stereocenters. The van der Waals surface area contributed by atoms with E-state index in [4.69, 9.17) is 39.5 Å². The second-order valence-corrected chi connectivity index (χ2v) is 6.83. The second-order valence-electron chi connectivity index (χ2n) is 5.61. The van der Waals surface area contributed by atoms with Crippen molar-refractivity contribution in [3.63, 3.8) is 0 Å². The molecule has 4 nitrogen and oxygen atoms in total. The van der Waals surface area contributed by atoms with Gasteiger partial charge in [0.1, 0.15) is 16.7 Å². The SMILES string of the molecule is COc1ncc(NC(=O)c2cc(F)c(-c3ccc(F)cc3Cl)cc2Cl)cc1Cl. The van der Waals surface area contributed by atoms with Gasteiger partial charge in [-0.05, 0) is 36.4 Å². The molecule has 3 aromatic rings. The summed E-state index contributed by atoms with van der Waals surface area (Å²) in [5.74, 6) is -1.76. The third-order valence-corrected chi connectivity index (χ3v) is 4.68. The van der Waals surface area contributed by atoms with Crippen LogP contribution in [-0.2, 0) is 0 Å². The van der Waals surface area contributed by atoms with Crippen LogP contribution in [0.2, 0.25) is 15.1 Å². The van der Waals surface area contributed by atoms with Gasteiger partial charge in [-0.15, -0.1) is 0 Å². The van der Waals surface area contributed by atoms with Gasteiger partial charge >= 0.3 is 0 Å². The maximum atomic E-state index is 14.6. The smallest absolute Gasteiger partial charge is 0.257 e. The summed E-state index contributed by atoms with van der Waals surface area (Å²) in [6.07, 6.45) is 1.33. The molecule has 3 rings (SSSR count). The van der Waals surface area contributed by atoms with Crippen molar-refractivity contribution in [1.82, 2.24) is 4.98 Å². The number of hydrogen-bond acceptors (Lipinski definition) is 3. The summed E-state index contributed by atoms with van der Waals surface area (Å²) < 4.78 is 32.8. The molecule has 1 aromatic heterocycles. The number of nitrogens with one attached hydrogen (secondary N) is 1. The van der Waals surface area contributed by atoms with Crippen LogP contribution in [0.15, 0.2) is 42.6 Å². The normalized spacial score (nSPS) is 10.6. The maximum Gasteiger partial charge on any atom is 0.257 e. The minimum atomic E-state index is -0.742. The van der Waals surface area contributed by atoms with Gasteiger partial charge in [-0.3, -0.25) is 4.79 Å². The number of methoxy groups -OCH3 is 1. The highest BCUT2D eigenvalue weighted by Crippen LogP contribution is 2.34. The molecular formula is C19H11Cl3F2N2O2. The zero-order valence-corrected chi connectivity index (χ0v) is 16.5. The first kappa shape index (κ1) is 20.3. The Kier molecular flexibility index (Phi) is 6.03. The molecule has 1 N–H and O–H groups in total. The van der Waals surface area contributed by atoms with Gasteiger partial charge in [0.05, 0.1) is 34.6 Å². The highest BCUT2D eigenvalue weighted by atomic mass is 35.5. The Balaban J connectivity index is 1.92. The van der Waals surface area contributed by atoms with Gasteiger partial charge in [0.25, 0.3) is 5.91 Å². The van der Waals surface area contributed by atoms with Gasteiger partial charge < -0.3 is 10.1 Å². The van der Waals surface area contributed by atoms with E-state index in [2.05, 4.69) is 10.3 Å². The van der Waals surface area contributed by atoms with Gasteiger partial charge in [0.2, 0.25) is 5.88 Å². The van der Waals surface area contributed by atoms with Crippen LogP contribution in [0.3, 0.4) is 0 Å². The number of carbonyl (C=O) groups excluding carboxylic acids is 1. The minimum Gasteiger partial charge on any atom is -0.480 e. The van der Waals surface area contributed by atoms with Crippen LogP contribution in [-0.4, -0.2) is 18.0 Å². The number of aromatic nitrogens is 1.